The maximum atomic E-state index is 4.54. The van der Waals surface area contributed by atoms with Crippen LogP contribution in [0.25, 0.3) is 0 Å². The van der Waals surface area contributed by atoms with E-state index in [2.05, 4.69) is 58.6 Å². The highest BCUT2D eigenvalue weighted by molar-refractivity contribution is 5.84. The molecule has 0 amide bonds. The summed E-state index contributed by atoms with van der Waals surface area (Å²) in [4.78, 5) is 4.54. The van der Waals surface area contributed by atoms with Gasteiger partial charge in [-0.2, -0.15) is 5.10 Å². The summed E-state index contributed by atoms with van der Waals surface area (Å²) in [7, 11) is 0. The van der Waals surface area contributed by atoms with Gasteiger partial charge in [0.25, 0.3) is 0 Å². The smallest absolute Gasteiger partial charge is 0.151 e. The van der Waals surface area contributed by atoms with E-state index < -0.39 is 5.54 Å². The predicted octanol–water partition coefficient (Wildman–Crippen LogP) is 3.39. The minimum atomic E-state index is -0.443. The van der Waals surface area contributed by atoms with E-state index >= 15 is 0 Å². The van der Waals surface area contributed by atoms with Gasteiger partial charge in [-0.1, -0.05) is 60.7 Å². The molecule has 96 valence electrons. The number of aliphatic imine (C=N–C) groups is 1. The number of fused-ring (bicyclic) bond motifs is 1. The fraction of sp³-hybridized carbons (Fsp3) is 0.0588. The topological polar surface area (TPSA) is 30.2 Å². The fourth-order valence-corrected chi connectivity index (χ4v) is 2.82. The van der Waals surface area contributed by atoms with Crippen molar-refractivity contribution in [3.8, 4) is 0 Å². The van der Waals surface area contributed by atoms with Gasteiger partial charge in [-0.05, 0) is 11.1 Å². The zero-order chi connectivity index (χ0) is 13.4. The van der Waals surface area contributed by atoms with E-state index in [0.717, 1.165) is 16.9 Å². The molecule has 0 spiro atoms. The van der Waals surface area contributed by atoms with Gasteiger partial charge < -0.3 is 0 Å². The summed E-state index contributed by atoms with van der Waals surface area (Å²) in [5.74, 6) is 0.887. The van der Waals surface area contributed by atoms with Crippen LogP contribution >= 0.6 is 0 Å². The predicted molar refractivity (Wildman–Crippen MR) is 79.4 cm³/mol. The average molecular weight is 259 g/mol. The molecule has 0 atom stereocenters. The maximum absolute atomic E-state index is 4.54. The molecule has 0 N–H and O–H groups in total. The molecule has 0 saturated heterocycles. The Bertz CT molecular complexity index is 718. The molecule has 3 heteroatoms. The van der Waals surface area contributed by atoms with Crippen LogP contribution in [-0.2, 0) is 5.54 Å². The molecule has 3 aromatic rings. The molecular formula is C17H13N3. The van der Waals surface area contributed by atoms with E-state index in [1.807, 2.05) is 29.1 Å². The minimum absolute atomic E-state index is 0.443. The first kappa shape index (κ1) is 11.2. The van der Waals surface area contributed by atoms with Crippen LogP contribution in [0.5, 0.6) is 0 Å². The molecule has 0 saturated carbocycles. The first-order chi connectivity index (χ1) is 9.91. The van der Waals surface area contributed by atoms with E-state index in [-0.39, 0.29) is 0 Å². The Balaban J connectivity index is 2.04. The standard InChI is InChI=1S/C17H13N3/c1-3-7-14(8-4-1)17(15-9-5-2-6-10-15)13-18-16-11-12-19-20(16)17/h1-13H. The van der Waals surface area contributed by atoms with Crippen LogP contribution < -0.4 is 0 Å². The van der Waals surface area contributed by atoms with Crippen molar-refractivity contribution in [2.45, 2.75) is 5.54 Å². The van der Waals surface area contributed by atoms with Crippen LogP contribution in [0.15, 0.2) is 77.9 Å². The van der Waals surface area contributed by atoms with Gasteiger partial charge >= 0.3 is 0 Å². The lowest BCUT2D eigenvalue weighted by atomic mass is 9.84. The number of hydrogen-bond donors (Lipinski definition) is 0. The first-order valence-electron chi connectivity index (χ1n) is 6.62. The summed E-state index contributed by atoms with van der Waals surface area (Å²) >= 11 is 0. The van der Waals surface area contributed by atoms with Crippen LogP contribution in [0.2, 0.25) is 0 Å². The van der Waals surface area contributed by atoms with Crippen LogP contribution in [0.1, 0.15) is 11.1 Å². The van der Waals surface area contributed by atoms with Gasteiger partial charge in [-0.25, -0.2) is 9.67 Å². The van der Waals surface area contributed by atoms with Crippen molar-refractivity contribution in [2.24, 2.45) is 4.99 Å². The number of aromatic nitrogens is 2. The Morgan fingerprint density at radius 2 is 1.35 bits per heavy atom. The van der Waals surface area contributed by atoms with E-state index in [4.69, 9.17) is 0 Å². The lowest BCUT2D eigenvalue weighted by molar-refractivity contribution is 0.539. The fourth-order valence-electron chi connectivity index (χ4n) is 2.82. The molecule has 2 aromatic carbocycles. The van der Waals surface area contributed by atoms with Gasteiger partial charge in [-0.15, -0.1) is 0 Å². The molecule has 0 bridgehead atoms. The highest BCUT2D eigenvalue weighted by atomic mass is 15.4. The SMILES string of the molecule is C1=Nc2ccnn2C1(c1ccccc1)c1ccccc1. The average Bonchev–Trinajstić information content (AvgIpc) is 3.11. The van der Waals surface area contributed by atoms with Crippen LogP contribution in [-0.4, -0.2) is 16.0 Å². The summed E-state index contributed by atoms with van der Waals surface area (Å²) in [6, 6.07) is 22.7. The molecule has 0 unspecified atom stereocenters. The molecule has 1 aliphatic heterocycles. The molecular weight excluding hydrogens is 246 g/mol. The lowest BCUT2D eigenvalue weighted by Crippen LogP contribution is -2.36. The molecule has 4 rings (SSSR count). The van der Waals surface area contributed by atoms with Crippen molar-refractivity contribution in [1.29, 1.82) is 0 Å². The number of nitrogens with zero attached hydrogens (tertiary/aromatic N) is 3. The van der Waals surface area contributed by atoms with Crippen LogP contribution in [0, 0.1) is 0 Å². The Hall–Kier alpha value is -2.68. The lowest BCUT2D eigenvalue weighted by Gasteiger charge is -2.29. The molecule has 1 aliphatic rings. The molecule has 1 aromatic heterocycles. The first-order valence-corrected chi connectivity index (χ1v) is 6.62. The number of hydrogen-bond acceptors (Lipinski definition) is 2. The maximum Gasteiger partial charge on any atom is 0.151 e. The Labute approximate surface area is 117 Å². The third-order valence-electron chi connectivity index (χ3n) is 3.77. The third-order valence-corrected chi connectivity index (χ3v) is 3.77. The minimum Gasteiger partial charge on any atom is -0.238 e. The van der Waals surface area contributed by atoms with Gasteiger partial charge in [-0.3, -0.25) is 0 Å². The van der Waals surface area contributed by atoms with Gasteiger partial charge in [0.2, 0.25) is 0 Å². The Kier molecular flexibility index (Phi) is 2.33. The highest BCUT2D eigenvalue weighted by Crippen LogP contribution is 2.39. The monoisotopic (exact) mass is 259 g/mol. The van der Waals surface area contributed by atoms with E-state index in [1.165, 1.54) is 0 Å². The molecule has 0 aliphatic carbocycles. The quantitative estimate of drug-likeness (QED) is 0.693. The molecule has 0 radical (unpaired) electrons. The van der Waals surface area contributed by atoms with E-state index in [1.54, 1.807) is 6.20 Å². The second kappa shape index (κ2) is 4.17. The van der Waals surface area contributed by atoms with Crippen molar-refractivity contribution in [2.75, 3.05) is 0 Å². The molecule has 0 fully saturated rings. The number of rotatable bonds is 2. The number of benzene rings is 2. The third kappa shape index (κ3) is 1.40. The van der Waals surface area contributed by atoms with Crippen LogP contribution in [0.3, 0.4) is 0 Å². The summed E-state index contributed by atoms with van der Waals surface area (Å²) in [5, 5.41) is 4.49. The van der Waals surface area contributed by atoms with Crippen molar-refractivity contribution in [3.63, 3.8) is 0 Å². The van der Waals surface area contributed by atoms with Crippen LogP contribution in [0.4, 0.5) is 5.82 Å². The van der Waals surface area contributed by atoms with Gasteiger partial charge in [0.05, 0.1) is 6.20 Å². The Morgan fingerprint density at radius 3 is 1.95 bits per heavy atom. The summed E-state index contributed by atoms with van der Waals surface area (Å²) in [5.41, 5.74) is 1.89. The zero-order valence-corrected chi connectivity index (χ0v) is 10.8. The van der Waals surface area contributed by atoms with E-state index in [9.17, 15) is 0 Å². The van der Waals surface area contributed by atoms with E-state index in [0.29, 0.717) is 0 Å². The molecule has 2 heterocycles. The van der Waals surface area contributed by atoms with Gasteiger partial charge in [0.15, 0.2) is 5.82 Å². The normalized spacial score (nSPS) is 15.2. The summed E-state index contributed by atoms with van der Waals surface area (Å²) < 4.78 is 1.98. The second-order valence-corrected chi connectivity index (χ2v) is 4.86. The zero-order valence-electron chi connectivity index (χ0n) is 10.8. The highest BCUT2D eigenvalue weighted by Gasteiger charge is 2.40. The largest absolute Gasteiger partial charge is 0.238 e. The molecule has 3 nitrogen and oxygen atoms in total. The Morgan fingerprint density at radius 1 is 0.750 bits per heavy atom. The van der Waals surface area contributed by atoms with Crippen molar-refractivity contribution >= 4 is 12.0 Å². The van der Waals surface area contributed by atoms with Crippen molar-refractivity contribution < 1.29 is 0 Å². The van der Waals surface area contributed by atoms with Crippen molar-refractivity contribution in [1.82, 2.24) is 9.78 Å². The second-order valence-electron chi connectivity index (χ2n) is 4.86. The summed E-state index contributed by atoms with van der Waals surface area (Å²) in [6.45, 7) is 0. The molecule has 20 heavy (non-hydrogen) atoms. The van der Waals surface area contributed by atoms with Gasteiger partial charge in [0, 0.05) is 12.3 Å². The van der Waals surface area contributed by atoms with Crippen molar-refractivity contribution in [3.05, 3.63) is 84.1 Å². The van der Waals surface area contributed by atoms with Gasteiger partial charge in [0.1, 0.15) is 5.54 Å². The summed E-state index contributed by atoms with van der Waals surface area (Å²) in [6.07, 6.45) is 3.78.